The zero-order valence-electron chi connectivity index (χ0n) is 10.3. The van der Waals surface area contributed by atoms with Crippen LogP contribution < -0.4 is 4.90 Å². The van der Waals surface area contributed by atoms with E-state index in [-0.39, 0.29) is 5.91 Å². The highest BCUT2D eigenvalue weighted by atomic mass is 16.2. The van der Waals surface area contributed by atoms with Gasteiger partial charge in [-0.05, 0) is 31.2 Å². The number of allylic oxidation sites excluding steroid dienone is 4. The minimum absolute atomic E-state index is 0.0256. The fourth-order valence-electron chi connectivity index (χ4n) is 1.59. The molecule has 0 atom stereocenters. The molecular formula is C15H17NO. The van der Waals surface area contributed by atoms with Crippen molar-refractivity contribution in [3.63, 3.8) is 0 Å². The highest BCUT2D eigenvalue weighted by Gasteiger charge is 2.13. The molecule has 0 saturated heterocycles. The van der Waals surface area contributed by atoms with E-state index >= 15 is 0 Å². The summed E-state index contributed by atoms with van der Waals surface area (Å²) in [7, 11) is 0. The van der Waals surface area contributed by atoms with Crippen LogP contribution in [0.25, 0.3) is 0 Å². The molecule has 2 nitrogen and oxygen atoms in total. The summed E-state index contributed by atoms with van der Waals surface area (Å²) in [5.74, 6) is -0.0256. The van der Waals surface area contributed by atoms with Gasteiger partial charge in [0.15, 0.2) is 0 Å². The van der Waals surface area contributed by atoms with Gasteiger partial charge in [-0.2, -0.15) is 0 Å². The summed E-state index contributed by atoms with van der Waals surface area (Å²) in [5, 5.41) is 0. The van der Waals surface area contributed by atoms with E-state index in [1.807, 2.05) is 55.5 Å². The smallest absolute Gasteiger partial charge is 0.228 e. The molecule has 1 aromatic rings. The van der Waals surface area contributed by atoms with Gasteiger partial charge in [-0.25, -0.2) is 0 Å². The van der Waals surface area contributed by atoms with Crippen molar-refractivity contribution in [1.82, 2.24) is 0 Å². The van der Waals surface area contributed by atoms with Gasteiger partial charge in [0.1, 0.15) is 0 Å². The zero-order chi connectivity index (χ0) is 12.7. The van der Waals surface area contributed by atoms with Gasteiger partial charge < -0.3 is 0 Å². The first kappa shape index (κ1) is 13.0. The predicted octanol–water partition coefficient (Wildman–Crippen LogP) is 3.69. The lowest BCUT2D eigenvalue weighted by Crippen LogP contribution is -2.26. The van der Waals surface area contributed by atoms with Crippen molar-refractivity contribution in [1.29, 1.82) is 0 Å². The Hall–Kier alpha value is -2.09. The van der Waals surface area contributed by atoms with Crippen molar-refractivity contribution in [2.45, 2.75) is 13.8 Å². The Morgan fingerprint density at radius 2 is 1.94 bits per heavy atom. The SMILES string of the molecule is C=C/C=C(\C=C/C)N(C(C)=O)c1ccccc1. The quantitative estimate of drug-likeness (QED) is 0.718. The number of hydrogen-bond acceptors (Lipinski definition) is 1. The van der Waals surface area contributed by atoms with Gasteiger partial charge in [0, 0.05) is 18.3 Å². The Bertz CT molecular complexity index is 443. The van der Waals surface area contributed by atoms with Crippen LogP contribution in [0.4, 0.5) is 5.69 Å². The molecule has 0 saturated carbocycles. The van der Waals surface area contributed by atoms with Crippen molar-refractivity contribution in [2.75, 3.05) is 4.90 Å². The Balaban J connectivity index is 3.21. The Kier molecular flexibility index (Phi) is 4.95. The summed E-state index contributed by atoms with van der Waals surface area (Å²) in [5.41, 5.74) is 1.66. The molecular weight excluding hydrogens is 210 g/mol. The molecule has 0 aromatic heterocycles. The minimum atomic E-state index is -0.0256. The summed E-state index contributed by atoms with van der Waals surface area (Å²) in [6, 6.07) is 9.55. The molecule has 0 radical (unpaired) electrons. The normalized spacial score (nSPS) is 11.5. The van der Waals surface area contributed by atoms with Crippen LogP contribution in [0.15, 0.2) is 66.9 Å². The van der Waals surface area contributed by atoms with E-state index in [0.717, 1.165) is 11.4 Å². The highest BCUT2D eigenvalue weighted by molar-refractivity contribution is 5.95. The van der Waals surface area contributed by atoms with Gasteiger partial charge in [-0.1, -0.05) is 36.9 Å². The standard InChI is InChI=1S/C15H17NO/c1-4-9-14(10-5-2)16(13(3)17)15-11-7-6-8-12-15/h4-12H,1H2,2-3H3/b10-5-,14-9+. The maximum Gasteiger partial charge on any atom is 0.228 e. The predicted molar refractivity (Wildman–Crippen MR) is 72.7 cm³/mol. The van der Waals surface area contributed by atoms with Gasteiger partial charge in [0.25, 0.3) is 0 Å². The van der Waals surface area contributed by atoms with E-state index in [1.54, 1.807) is 17.9 Å². The molecule has 2 heteroatoms. The molecule has 1 rings (SSSR count). The topological polar surface area (TPSA) is 20.3 Å². The molecule has 17 heavy (non-hydrogen) atoms. The van der Waals surface area contributed by atoms with Crippen LogP contribution in [0.1, 0.15) is 13.8 Å². The van der Waals surface area contributed by atoms with Crippen LogP contribution in [-0.2, 0) is 4.79 Å². The molecule has 0 N–H and O–H groups in total. The number of carbonyl (C=O) groups is 1. The summed E-state index contributed by atoms with van der Waals surface area (Å²) in [6.45, 7) is 7.14. The van der Waals surface area contributed by atoms with E-state index < -0.39 is 0 Å². The third kappa shape index (κ3) is 3.45. The van der Waals surface area contributed by atoms with Crippen LogP contribution in [0.2, 0.25) is 0 Å². The number of carbonyl (C=O) groups excluding carboxylic acids is 1. The number of benzene rings is 1. The number of amides is 1. The van der Waals surface area contributed by atoms with Gasteiger partial charge >= 0.3 is 0 Å². The Morgan fingerprint density at radius 1 is 1.29 bits per heavy atom. The van der Waals surface area contributed by atoms with Crippen LogP contribution >= 0.6 is 0 Å². The van der Waals surface area contributed by atoms with E-state index in [4.69, 9.17) is 0 Å². The number of anilines is 1. The van der Waals surface area contributed by atoms with E-state index in [2.05, 4.69) is 6.58 Å². The first-order valence-corrected chi connectivity index (χ1v) is 5.52. The number of nitrogens with zero attached hydrogens (tertiary/aromatic N) is 1. The molecule has 0 aliphatic rings. The molecule has 1 aromatic carbocycles. The third-order valence-corrected chi connectivity index (χ3v) is 2.21. The molecule has 0 spiro atoms. The molecule has 0 heterocycles. The highest BCUT2D eigenvalue weighted by Crippen LogP contribution is 2.20. The summed E-state index contributed by atoms with van der Waals surface area (Å²) in [6.07, 6.45) is 7.27. The first-order valence-electron chi connectivity index (χ1n) is 5.52. The maximum atomic E-state index is 11.8. The minimum Gasteiger partial charge on any atom is -0.281 e. The summed E-state index contributed by atoms with van der Waals surface area (Å²) in [4.78, 5) is 13.4. The van der Waals surface area contributed by atoms with Crippen LogP contribution in [0.3, 0.4) is 0 Å². The monoisotopic (exact) mass is 227 g/mol. The molecule has 0 unspecified atom stereocenters. The summed E-state index contributed by atoms with van der Waals surface area (Å²) < 4.78 is 0. The second-order valence-electron chi connectivity index (χ2n) is 3.52. The Labute approximate surface area is 103 Å². The van der Waals surface area contributed by atoms with Gasteiger partial charge in [0.2, 0.25) is 5.91 Å². The fourth-order valence-corrected chi connectivity index (χ4v) is 1.59. The summed E-state index contributed by atoms with van der Waals surface area (Å²) >= 11 is 0. The van der Waals surface area contributed by atoms with Crippen molar-refractivity contribution >= 4 is 11.6 Å². The number of para-hydroxylation sites is 1. The van der Waals surface area contributed by atoms with Crippen LogP contribution in [-0.4, -0.2) is 5.91 Å². The lowest BCUT2D eigenvalue weighted by atomic mass is 10.2. The molecule has 0 fully saturated rings. The number of hydrogen-bond donors (Lipinski definition) is 0. The third-order valence-electron chi connectivity index (χ3n) is 2.21. The largest absolute Gasteiger partial charge is 0.281 e. The van der Waals surface area contributed by atoms with Gasteiger partial charge in [-0.15, -0.1) is 0 Å². The average molecular weight is 227 g/mol. The first-order chi connectivity index (χ1) is 8.20. The van der Waals surface area contributed by atoms with Crippen LogP contribution in [0, 0.1) is 0 Å². The van der Waals surface area contributed by atoms with Crippen molar-refractivity contribution in [3.05, 3.63) is 66.9 Å². The molecule has 0 aliphatic carbocycles. The van der Waals surface area contributed by atoms with Crippen molar-refractivity contribution in [2.24, 2.45) is 0 Å². The maximum absolute atomic E-state index is 11.8. The van der Waals surface area contributed by atoms with Crippen molar-refractivity contribution < 1.29 is 4.79 Å². The molecule has 88 valence electrons. The van der Waals surface area contributed by atoms with Gasteiger partial charge in [-0.3, -0.25) is 9.69 Å². The molecule has 0 aliphatic heterocycles. The second-order valence-corrected chi connectivity index (χ2v) is 3.52. The van der Waals surface area contributed by atoms with E-state index in [9.17, 15) is 4.79 Å². The lowest BCUT2D eigenvalue weighted by Gasteiger charge is -2.22. The number of rotatable bonds is 4. The molecule has 0 bridgehead atoms. The van der Waals surface area contributed by atoms with E-state index in [0.29, 0.717) is 0 Å². The van der Waals surface area contributed by atoms with Crippen LogP contribution in [0.5, 0.6) is 0 Å². The second kappa shape index (κ2) is 6.48. The van der Waals surface area contributed by atoms with Crippen molar-refractivity contribution in [3.8, 4) is 0 Å². The zero-order valence-corrected chi connectivity index (χ0v) is 10.3. The molecule has 1 amide bonds. The fraction of sp³-hybridized carbons (Fsp3) is 0.133. The van der Waals surface area contributed by atoms with E-state index in [1.165, 1.54) is 0 Å². The Morgan fingerprint density at radius 3 is 2.41 bits per heavy atom. The van der Waals surface area contributed by atoms with Gasteiger partial charge in [0.05, 0.1) is 0 Å². The average Bonchev–Trinajstić information content (AvgIpc) is 2.31. The lowest BCUT2D eigenvalue weighted by molar-refractivity contribution is -0.116.